The van der Waals surface area contributed by atoms with Gasteiger partial charge in [0.2, 0.25) is 0 Å². The molecule has 0 fully saturated rings. The summed E-state index contributed by atoms with van der Waals surface area (Å²) >= 11 is 0. The van der Waals surface area contributed by atoms with Crippen LogP contribution in [0.25, 0.3) is 0 Å². The van der Waals surface area contributed by atoms with E-state index in [1.54, 1.807) is 0 Å². The molecule has 4 rings (SSSR count). The normalized spacial score (nSPS) is 20.3. The zero-order chi connectivity index (χ0) is 21.1. The molecule has 1 heterocycles. The van der Waals surface area contributed by atoms with Gasteiger partial charge in [0.25, 0.3) is 5.91 Å². The lowest BCUT2D eigenvalue weighted by Gasteiger charge is -2.42. The van der Waals surface area contributed by atoms with E-state index in [-0.39, 0.29) is 17.6 Å². The van der Waals surface area contributed by atoms with Crippen LogP contribution in [0.5, 0.6) is 11.5 Å². The van der Waals surface area contributed by atoms with Crippen molar-refractivity contribution in [3.05, 3.63) is 59.2 Å². The molecule has 1 aliphatic carbocycles. The summed E-state index contributed by atoms with van der Waals surface area (Å²) in [6.45, 7) is 6.15. The van der Waals surface area contributed by atoms with Crippen molar-refractivity contribution in [2.75, 3.05) is 0 Å². The fourth-order valence-electron chi connectivity index (χ4n) is 4.82. The van der Waals surface area contributed by atoms with Gasteiger partial charge in [-0.15, -0.1) is 0 Å². The molecule has 0 saturated heterocycles. The van der Waals surface area contributed by atoms with Crippen LogP contribution < -0.4 is 14.8 Å². The number of carbonyl (C=O) groups excluding carboxylic acids is 1. The zero-order valence-corrected chi connectivity index (χ0v) is 18.4. The second kappa shape index (κ2) is 8.71. The molecule has 2 atom stereocenters. The van der Waals surface area contributed by atoms with Crippen LogP contribution in [-0.2, 0) is 17.6 Å². The number of amides is 1. The molecule has 160 valence electrons. The number of aryl methyl sites for hydroxylation is 1. The molecule has 2 aromatic carbocycles. The van der Waals surface area contributed by atoms with Gasteiger partial charge in [-0.2, -0.15) is 0 Å². The van der Waals surface area contributed by atoms with E-state index in [9.17, 15) is 4.79 Å². The Hall–Kier alpha value is -2.49. The van der Waals surface area contributed by atoms with E-state index in [1.165, 1.54) is 24.0 Å². The maximum absolute atomic E-state index is 13.1. The second-order valence-corrected chi connectivity index (χ2v) is 8.66. The summed E-state index contributed by atoms with van der Waals surface area (Å²) in [5.74, 6) is 1.66. The minimum Gasteiger partial charge on any atom is -0.487 e. The van der Waals surface area contributed by atoms with Crippen LogP contribution in [0, 0.1) is 0 Å². The highest BCUT2D eigenvalue weighted by molar-refractivity contribution is 5.81. The summed E-state index contributed by atoms with van der Waals surface area (Å²) < 4.78 is 12.5. The number of benzene rings is 2. The maximum Gasteiger partial charge on any atom is 0.261 e. The monoisotopic (exact) mass is 407 g/mol. The first-order chi connectivity index (χ1) is 14.5. The molecule has 1 N–H and O–H groups in total. The quantitative estimate of drug-likeness (QED) is 0.685. The first-order valence-electron chi connectivity index (χ1n) is 11.4. The Morgan fingerprint density at radius 3 is 2.70 bits per heavy atom. The van der Waals surface area contributed by atoms with E-state index in [2.05, 4.69) is 31.3 Å². The molecule has 1 aliphatic heterocycles. The lowest BCUT2D eigenvalue weighted by Crippen LogP contribution is -2.47. The van der Waals surface area contributed by atoms with Crippen LogP contribution in [0.15, 0.2) is 42.5 Å². The molecule has 2 aromatic rings. The predicted molar refractivity (Wildman–Crippen MR) is 119 cm³/mol. The average molecular weight is 408 g/mol. The Kier molecular flexibility index (Phi) is 6.03. The summed E-state index contributed by atoms with van der Waals surface area (Å²) in [6.07, 6.45) is 6.58. The van der Waals surface area contributed by atoms with E-state index in [0.29, 0.717) is 0 Å². The van der Waals surface area contributed by atoms with Gasteiger partial charge in [-0.3, -0.25) is 4.79 Å². The predicted octanol–water partition coefficient (Wildman–Crippen LogP) is 5.53. The standard InChI is InChI=1S/C26H33NO3/c1-4-26(5-2)17-22(21-14-8-9-15-24(21)30-26)27-25(28)18(3)29-23-16-10-12-19-11-6-7-13-20(19)23/h8-10,12,14-16,18,22H,4-7,11,13,17H2,1-3H3,(H,27,28). The smallest absolute Gasteiger partial charge is 0.261 e. The average Bonchev–Trinajstić information content (AvgIpc) is 2.79. The van der Waals surface area contributed by atoms with Crippen molar-refractivity contribution in [2.45, 2.75) is 83.5 Å². The van der Waals surface area contributed by atoms with E-state index < -0.39 is 6.10 Å². The molecule has 2 aliphatic rings. The number of carbonyl (C=O) groups is 1. The van der Waals surface area contributed by atoms with Gasteiger partial charge in [-0.05, 0) is 68.7 Å². The highest BCUT2D eigenvalue weighted by Crippen LogP contribution is 2.42. The molecular formula is C26H33NO3. The number of hydrogen-bond acceptors (Lipinski definition) is 3. The van der Waals surface area contributed by atoms with Gasteiger partial charge in [-0.25, -0.2) is 0 Å². The van der Waals surface area contributed by atoms with Crippen molar-refractivity contribution in [1.29, 1.82) is 0 Å². The van der Waals surface area contributed by atoms with Crippen LogP contribution in [0.4, 0.5) is 0 Å². The summed E-state index contributed by atoms with van der Waals surface area (Å²) in [4.78, 5) is 13.1. The molecular weight excluding hydrogens is 374 g/mol. The van der Waals surface area contributed by atoms with Crippen molar-refractivity contribution < 1.29 is 14.3 Å². The number of fused-ring (bicyclic) bond motifs is 2. The van der Waals surface area contributed by atoms with Gasteiger partial charge < -0.3 is 14.8 Å². The summed E-state index contributed by atoms with van der Waals surface area (Å²) in [6, 6.07) is 14.2. The Morgan fingerprint density at radius 1 is 1.13 bits per heavy atom. The topological polar surface area (TPSA) is 47.6 Å². The number of hydrogen-bond donors (Lipinski definition) is 1. The third-order valence-corrected chi connectivity index (χ3v) is 6.83. The Morgan fingerprint density at radius 2 is 1.90 bits per heavy atom. The van der Waals surface area contributed by atoms with Crippen molar-refractivity contribution in [3.63, 3.8) is 0 Å². The summed E-state index contributed by atoms with van der Waals surface area (Å²) in [5.41, 5.74) is 3.44. The van der Waals surface area contributed by atoms with Crippen LogP contribution >= 0.6 is 0 Å². The SMILES string of the molecule is CCC1(CC)CC(NC(=O)C(C)Oc2cccc3c2CCCC3)c2ccccc2O1. The van der Waals surface area contributed by atoms with E-state index >= 15 is 0 Å². The fourth-order valence-corrected chi connectivity index (χ4v) is 4.82. The lowest BCUT2D eigenvalue weighted by atomic mass is 9.83. The molecule has 0 spiro atoms. The Balaban J connectivity index is 1.50. The van der Waals surface area contributed by atoms with E-state index in [4.69, 9.17) is 9.47 Å². The molecule has 1 amide bonds. The lowest BCUT2D eigenvalue weighted by molar-refractivity contribution is -0.128. The van der Waals surface area contributed by atoms with Gasteiger partial charge >= 0.3 is 0 Å². The number of rotatable bonds is 6. The fraction of sp³-hybridized carbons (Fsp3) is 0.500. The minimum absolute atomic E-state index is 0.0712. The van der Waals surface area contributed by atoms with E-state index in [0.717, 1.165) is 49.2 Å². The van der Waals surface area contributed by atoms with Gasteiger partial charge in [-0.1, -0.05) is 44.2 Å². The molecule has 0 bridgehead atoms. The molecule has 30 heavy (non-hydrogen) atoms. The maximum atomic E-state index is 13.1. The first kappa shape index (κ1) is 20.8. The summed E-state index contributed by atoms with van der Waals surface area (Å²) in [7, 11) is 0. The molecule has 0 radical (unpaired) electrons. The van der Waals surface area contributed by atoms with Crippen LogP contribution in [0.3, 0.4) is 0 Å². The Labute approximate surface area is 180 Å². The molecule has 0 saturated carbocycles. The zero-order valence-electron chi connectivity index (χ0n) is 18.4. The third-order valence-electron chi connectivity index (χ3n) is 6.83. The molecule has 4 heteroatoms. The molecule has 4 nitrogen and oxygen atoms in total. The van der Waals surface area contributed by atoms with Crippen LogP contribution in [0.2, 0.25) is 0 Å². The van der Waals surface area contributed by atoms with Crippen molar-refractivity contribution in [1.82, 2.24) is 5.32 Å². The highest BCUT2D eigenvalue weighted by Gasteiger charge is 2.39. The van der Waals surface area contributed by atoms with Crippen molar-refractivity contribution in [3.8, 4) is 11.5 Å². The van der Waals surface area contributed by atoms with Crippen LogP contribution in [-0.4, -0.2) is 17.6 Å². The van der Waals surface area contributed by atoms with Crippen LogP contribution in [0.1, 0.15) is 75.6 Å². The van der Waals surface area contributed by atoms with Crippen molar-refractivity contribution >= 4 is 5.91 Å². The Bertz CT molecular complexity index is 903. The van der Waals surface area contributed by atoms with Gasteiger partial charge in [0.15, 0.2) is 6.10 Å². The van der Waals surface area contributed by atoms with Gasteiger partial charge in [0.1, 0.15) is 17.1 Å². The molecule has 2 unspecified atom stereocenters. The largest absolute Gasteiger partial charge is 0.487 e. The number of para-hydroxylation sites is 1. The van der Waals surface area contributed by atoms with Crippen molar-refractivity contribution in [2.24, 2.45) is 0 Å². The van der Waals surface area contributed by atoms with E-state index in [1.807, 2.05) is 37.3 Å². The number of ether oxygens (including phenoxy) is 2. The minimum atomic E-state index is -0.550. The van der Waals surface area contributed by atoms with Gasteiger partial charge in [0.05, 0.1) is 6.04 Å². The number of nitrogens with one attached hydrogen (secondary N) is 1. The third kappa shape index (κ3) is 4.05. The summed E-state index contributed by atoms with van der Waals surface area (Å²) in [5, 5.41) is 3.25. The van der Waals surface area contributed by atoms with Gasteiger partial charge in [0, 0.05) is 12.0 Å². The highest BCUT2D eigenvalue weighted by atomic mass is 16.5. The first-order valence-corrected chi connectivity index (χ1v) is 11.4. The molecule has 0 aromatic heterocycles. The second-order valence-electron chi connectivity index (χ2n) is 8.66.